The van der Waals surface area contributed by atoms with Crippen molar-refractivity contribution in [3.8, 4) is 0 Å². The molecule has 0 saturated heterocycles. The lowest BCUT2D eigenvalue weighted by Crippen LogP contribution is -2.19. The van der Waals surface area contributed by atoms with E-state index in [1.54, 1.807) is 0 Å². The van der Waals surface area contributed by atoms with Crippen LogP contribution in [0.2, 0.25) is 0 Å². The monoisotopic (exact) mass is 227 g/mol. The largest absolute Gasteiger partial charge is 0.424 e. The number of hydrogen-bond donors (Lipinski definition) is 1. The zero-order valence-electron chi connectivity index (χ0n) is 10.1. The molecule has 1 rings (SSSR count). The molecule has 0 fully saturated rings. The third-order valence-electron chi connectivity index (χ3n) is 2.41. The average Bonchev–Trinajstić information content (AvgIpc) is 2.72. The molecular weight excluding hydrogens is 206 g/mol. The molecule has 0 atom stereocenters. The van der Waals surface area contributed by atoms with E-state index in [9.17, 15) is 0 Å². The smallest absolute Gasteiger partial charge is 0.230 e. The molecule has 92 valence electrons. The zero-order chi connectivity index (χ0) is 11.8. The fraction of sp³-hybridized carbons (Fsp3) is 0.818. The number of aliphatic hydroxyl groups is 1. The van der Waals surface area contributed by atoms with Crippen LogP contribution in [0, 0.1) is 0 Å². The summed E-state index contributed by atoms with van der Waals surface area (Å²) in [5, 5.41) is 16.5. The molecule has 0 bridgehead atoms. The van der Waals surface area contributed by atoms with Gasteiger partial charge in [0, 0.05) is 13.0 Å². The van der Waals surface area contributed by atoms with Gasteiger partial charge in [-0.05, 0) is 32.9 Å². The molecule has 5 nitrogen and oxygen atoms in total. The van der Waals surface area contributed by atoms with Crippen molar-refractivity contribution in [3.63, 3.8) is 0 Å². The molecule has 1 aromatic heterocycles. The fourth-order valence-corrected chi connectivity index (χ4v) is 1.48. The van der Waals surface area contributed by atoms with E-state index in [4.69, 9.17) is 9.52 Å². The molecule has 0 aliphatic heterocycles. The van der Waals surface area contributed by atoms with Gasteiger partial charge >= 0.3 is 0 Å². The van der Waals surface area contributed by atoms with Crippen molar-refractivity contribution in [1.29, 1.82) is 0 Å². The van der Waals surface area contributed by atoms with E-state index in [0.29, 0.717) is 18.3 Å². The molecule has 0 saturated carbocycles. The van der Waals surface area contributed by atoms with Crippen LogP contribution in [-0.4, -0.2) is 40.4 Å². The Kier molecular flexibility index (Phi) is 6.03. The Hall–Kier alpha value is -0.940. The summed E-state index contributed by atoms with van der Waals surface area (Å²) in [6.07, 6.45) is 3.82. The quantitative estimate of drug-likeness (QED) is 0.677. The van der Waals surface area contributed by atoms with Crippen molar-refractivity contribution in [2.45, 2.75) is 39.2 Å². The Balaban J connectivity index is 2.20. The number of aromatic nitrogens is 2. The van der Waals surface area contributed by atoms with E-state index in [1.807, 2.05) is 14.0 Å². The van der Waals surface area contributed by atoms with Crippen LogP contribution in [0.4, 0.5) is 0 Å². The molecule has 0 aromatic carbocycles. The molecule has 1 aromatic rings. The Bertz CT molecular complexity index is 289. The van der Waals surface area contributed by atoms with Gasteiger partial charge in [-0.1, -0.05) is 6.92 Å². The van der Waals surface area contributed by atoms with Crippen molar-refractivity contribution < 1.29 is 9.52 Å². The minimum atomic E-state index is 0.285. The van der Waals surface area contributed by atoms with Crippen molar-refractivity contribution in [2.75, 3.05) is 20.2 Å². The van der Waals surface area contributed by atoms with Gasteiger partial charge in [-0.2, -0.15) is 0 Å². The first-order valence-corrected chi connectivity index (χ1v) is 5.87. The molecular formula is C11H21N3O2. The number of unbranched alkanes of at least 4 members (excludes halogenated alkanes) is 2. The minimum Gasteiger partial charge on any atom is -0.424 e. The maximum atomic E-state index is 8.65. The molecule has 0 aliphatic carbocycles. The average molecular weight is 227 g/mol. The number of aliphatic hydroxyl groups excluding tert-OH is 1. The van der Waals surface area contributed by atoms with Gasteiger partial charge < -0.3 is 9.52 Å². The Morgan fingerprint density at radius 2 is 1.94 bits per heavy atom. The highest BCUT2D eigenvalue weighted by atomic mass is 16.4. The topological polar surface area (TPSA) is 62.4 Å². The van der Waals surface area contributed by atoms with Crippen molar-refractivity contribution >= 4 is 0 Å². The van der Waals surface area contributed by atoms with Gasteiger partial charge in [0.2, 0.25) is 11.8 Å². The van der Waals surface area contributed by atoms with Crippen LogP contribution in [0.1, 0.15) is 38.0 Å². The summed E-state index contributed by atoms with van der Waals surface area (Å²) in [7, 11) is 2.04. The Morgan fingerprint density at radius 3 is 2.56 bits per heavy atom. The highest BCUT2D eigenvalue weighted by molar-refractivity contribution is 4.80. The van der Waals surface area contributed by atoms with Crippen LogP contribution < -0.4 is 0 Å². The van der Waals surface area contributed by atoms with E-state index in [1.165, 1.54) is 0 Å². The van der Waals surface area contributed by atoms with Crippen LogP contribution in [0.5, 0.6) is 0 Å². The van der Waals surface area contributed by atoms with E-state index in [-0.39, 0.29) is 6.61 Å². The van der Waals surface area contributed by atoms with Crippen molar-refractivity contribution in [1.82, 2.24) is 15.1 Å². The third kappa shape index (κ3) is 4.72. The number of aryl methyl sites for hydroxylation is 1. The van der Waals surface area contributed by atoms with E-state index < -0.39 is 0 Å². The second-order valence-corrected chi connectivity index (χ2v) is 3.97. The molecule has 0 radical (unpaired) electrons. The zero-order valence-corrected chi connectivity index (χ0v) is 10.1. The summed E-state index contributed by atoms with van der Waals surface area (Å²) < 4.78 is 5.43. The number of nitrogens with zero attached hydrogens (tertiary/aromatic N) is 3. The van der Waals surface area contributed by atoms with Crippen LogP contribution in [-0.2, 0) is 13.0 Å². The SMILES string of the molecule is CCc1nnc(CN(C)CCCCCO)o1. The molecule has 0 aliphatic rings. The summed E-state index contributed by atoms with van der Waals surface area (Å²) in [5.41, 5.74) is 0. The highest BCUT2D eigenvalue weighted by Gasteiger charge is 2.07. The predicted molar refractivity (Wildman–Crippen MR) is 60.9 cm³/mol. The fourth-order valence-electron chi connectivity index (χ4n) is 1.48. The maximum Gasteiger partial charge on any atom is 0.230 e. The van der Waals surface area contributed by atoms with E-state index in [0.717, 1.165) is 32.2 Å². The first-order chi connectivity index (χ1) is 7.76. The summed E-state index contributed by atoms with van der Waals surface area (Å²) >= 11 is 0. The lowest BCUT2D eigenvalue weighted by atomic mass is 10.2. The molecule has 5 heteroatoms. The van der Waals surface area contributed by atoms with Crippen LogP contribution in [0.15, 0.2) is 4.42 Å². The van der Waals surface area contributed by atoms with Gasteiger partial charge in [0.15, 0.2) is 0 Å². The summed E-state index contributed by atoms with van der Waals surface area (Å²) in [5.74, 6) is 1.38. The molecule has 1 heterocycles. The minimum absolute atomic E-state index is 0.285. The van der Waals surface area contributed by atoms with Gasteiger partial charge in [0.05, 0.1) is 6.54 Å². The molecule has 0 amide bonds. The molecule has 0 unspecified atom stereocenters. The van der Waals surface area contributed by atoms with Crippen molar-refractivity contribution in [3.05, 3.63) is 11.8 Å². The second kappa shape index (κ2) is 7.35. The summed E-state index contributed by atoms with van der Waals surface area (Å²) in [6.45, 7) is 3.97. The van der Waals surface area contributed by atoms with Gasteiger partial charge in [-0.3, -0.25) is 4.90 Å². The molecule has 0 spiro atoms. The van der Waals surface area contributed by atoms with Crippen LogP contribution in [0.25, 0.3) is 0 Å². The lowest BCUT2D eigenvalue weighted by Gasteiger charge is -2.13. The first kappa shape index (κ1) is 13.1. The first-order valence-electron chi connectivity index (χ1n) is 5.87. The van der Waals surface area contributed by atoms with E-state index >= 15 is 0 Å². The number of rotatable bonds is 8. The Morgan fingerprint density at radius 1 is 1.19 bits per heavy atom. The number of hydrogen-bond acceptors (Lipinski definition) is 5. The normalized spacial score (nSPS) is 11.2. The standard InChI is InChI=1S/C11H21N3O2/c1-3-10-12-13-11(16-10)9-14(2)7-5-4-6-8-15/h15H,3-9H2,1-2H3. The summed E-state index contributed by atoms with van der Waals surface area (Å²) in [4.78, 5) is 2.16. The molecule has 16 heavy (non-hydrogen) atoms. The lowest BCUT2D eigenvalue weighted by molar-refractivity contribution is 0.260. The van der Waals surface area contributed by atoms with Gasteiger partial charge in [0.1, 0.15) is 0 Å². The third-order valence-corrected chi connectivity index (χ3v) is 2.41. The summed E-state index contributed by atoms with van der Waals surface area (Å²) in [6, 6.07) is 0. The van der Waals surface area contributed by atoms with E-state index in [2.05, 4.69) is 15.1 Å². The highest BCUT2D eigenvalue weighted by Crippen LogP contribution is 2.04. The second-order valence-electron chi connectivity index (χ2n) is 3.97. The van der Waals surface area contributed by atoms with Crippen LogP contribution in [0.3, 0.4) is 0 Å². The van der Waals surface area contributed by atoms with Crippen molar-refractivity contribution in [2.24, 2.45) is 0 Å². The van der Waals surface area contributed by atoms with Gasteiger partial charge in [-0.25, -0.2) is 0 Å². The van der Waals surface area contributed by atoms with Gasteiger partial charge in [-0.15, -0.1) is 10.2 Å². The molecule has 1 N–H and O–H groups in total. The Labute approximate surface area is 96.5 Å². The maximum absolute atomic E-state index is 8.65. The van der Waals surface area contributed by atoms with Gasteiger partial charge in [0.25, 0.3) is 0 Å². The predicted octanol–water partition coefficient (Wildman–Crippen LogP) is 1.23. The van der Waals surface area contributed by atoms with Crippen LogP contribution >= 0.6 is 0 Å².